The lowest BCUT2D eigenvalue weighted by molar-refractivity contribution is 0.409. The van der Waals surface area contributed by atoms with Gasteiger partial charge in [0.25, 0.3) is 0 Å². The first-order valence-electron chi connectivity index (χ1n) is 9.63. The average Bonchev–Trinajstić information content (AvgIpc) is 3.24. The summed E-state index contributed by atoms with van der Waals surface area (Å²) in [6.45, 7) is 3.80. The van der Waals surface area contributed by atoms with Crippen LogP contribution in [-0.2, 0) is 9.84 Å². The second kappa shape index (κ2) is 8.36. The number of ether oxygens (including phenoxy) is 1. The van der Waals surface area contributed by atoms with Gasteiger partial charge in [0.15, 0.2) is 21.3 Å². The van der Waals surface area contributed by atoms with E-state index in [-0.39, 0.29) is 10.9 Å². The van der Waals surface area contributed by atoms with Crippen LogP contribution in [0.1, 0.15) is 24.1 Å². The van der Waals surface area contributed by atoms with Crippen LogP contribution in [-0.4, -0.2) is 46.7 Å². The van der Waals surface area contributed by atoms with Crippen molar-refractivity contribution in [2.45, 2.75) is 24.8 Å². The number of methoxy groups -OCH3 is 1. The minimum absolute atomic E-state index is 0.117. The molecule has 4 rings (SSSR count). The van der Waals surface area contributed by atoms with Crippen LogP contribution >= 0.6 is 11.6 Å². The maximum absolute atomic E-state index is 12.1. The smallest absolute Gasteiger partial charge is 0.182 e. The molecule has 0 aliphatic rings. The summed E-state index contributed by atoms with van der Waals surface area (Å²) in [5.41, 5.74) is 4.03. The summed E-state index contributed by atoms with van der Waals surface area (Å²) in [7, 11) is -1.87. The number of halogens is 1. The Kier molecular flexibility index (Phi) is 5.74. The normalized spacial score (nSPS) is 12.7. The Morgan fingerprint density at radius 2 is 1.97 bits per heavy atom. The Hall–Kier alpha value is -3.24. The maximum atomic E-state index is 12.1. The molecule has 32 heavy (non-hydrogen) atoms. The molecule has 0 saturated carbocycles. The number of rotatable bonds is 6. The molecule has 3 heterocycles. The van der Waals surface area contributed by atoms with E-state index in [1.807, 2.05) is 19.9 Å². The van der Waals surface area contributed by atoms with Gasteiger partial charge in [-0.15, -0.1) is 0 Å². The van der Waals surface area contributed by atoms with Crippen LogP contribution in [0.4, 0.5) is 5.82 Å². The summed E-state index contributed by atoms with van der Waals surface area (Å²) < 4.78 is 29.9. The quantitative estimate of drug-likeness (QED) is 0.432. The number of imidazole rings is 1. The largest absolute Gasteiger partial charge is 0.496 e. The molecule has 0 unspecified atom stereocenters. The van der Waals surface area contributed by atoms with Crippen LogP contribution in [0.25, 0.3) is 22.3 Å². The highest BCUT2D eigenvalue weighted by Gasteiger charge is 2.23. The highest BCUT2D eigenvalue weighted by Crippen LogP contribution is 2.43. The molecule has 0 radical (unpaired) electrons. The van der Waals surface area contributed by atoms with Gasteiger partial charge in [0, 0.05) is 40.4 Å². The van der Waals surface area contributed by atoms with Gasteiger partial charge in [0.2, 0.25) is 0 Å². The van der Waals surface area contributed by atoms with E-state index >= 15 is 0 Å². The van der Waals surface area contributed by atoms with Crippen molar-refractivity contribution >= 4 is 38.4 Å². The van der Waals surface area contributed by atoms with Gasteiger partial charge < -0.3 is 15.0 Å². The van der Waals surface area contributed by atoms with E-state index in [0.29, 0.717) is 38.9 Å². The summed E-state index contributed by atoms with van der Waals surface area (Å²) in [6, 6.07) is 3.13. The zero-order valence-electron chi connectivity index (χ0n) is 17.8. The van der Waals surface area contributed by atoms with Crippen LogP contribution in [0, 0.1) is 6.92 Å². The van der Waals surface area contributed by atoms with Crippen LogP contribution in [0.2, 0.25) is 5.02 Å². The summed E-state index contributed by atoms with van der Waals surface area (Å²) in [6.07, 6.45) is 7.05. The number of aromatic nitrogens is 5. The summed E-state index contributed by atoms with van der Waals surface area (Å²) in [5, 5.41) is 3.87. The third-order valence-electron chi connectivity index (χ3n) is 5.18. The van der Waals surface area contributed by atoms with Crippen molar-refractivity contribution in [1.29, 1.82) is 0 Å². The van der Waals surface area contributed by atoms with Crippen LogP contribution < -0.4 is 10.1 Å². The van der Waals surface area contributed by atoms with Gasteiger partial charge >= 0.3 is 0 Å². The van der Waals surface area contributed by atoms with Gasteiger partial charge in [-0.25, -0.2) is 23.4 Å². The van der Waals surface area contributed by atoms with E-state index in [9.17, 15) is 8.42 Å². The molecule has 0 spiro atoms. The Bertz CT molecular complexity index is 1420. The lowest BCUT2D eigenvalue weighted by atomic mass is 9.94. The number of hydrogen-bond donors (Lipinski definition) is 2. The van der Waals surface area contributed by atoms with Crippen molar-refractivity contribution in [1.82, 2.24) is 24.9 Å². The first kappa shape index (κ1) is 22.0. The maximum Gasteiger partial charge on any atom is 0.182 e. The molecule has 4 aromatic rings. The zero-order valence-corrected chi connectivity index (χ0v) is 19.4. The molecule has 0 aliphatic heterocycles. The molecular formula is C21H21ClN6O3S. The molecule has 0 aliphatic carbocycles. The minimum Gasteiger partial charge on any atom is -0.496 e. The number of aromatic amines is 1. The van der Waals surface area contributed by atoms with Crippen LogP contribution in [0.5, 0.6) is 5.75 Å². The van der Waals surface area contributed by atoms with Crippen molar-refractivity contribution in [2.75, 3.05) is 18.7 Å². The lowest BCUT2D eigenvalue weighted by Gasteiger charge is -2.23. The van der Waals surface area contributed by atoms with Crippen molar-refractivity contribution in [3.05, 3.63) is 53.3 Å². The molecule has 3 aromatic heterocycles. The Morgan fingerprint density at radius 3 is 2.69 bits per heavy atom. The summed E-state index contributed by atoms with van der Waals surface area (Å²) in [5.74, 6) is 1.15. The standard InChI is InChI=1S/C21H21ClN6O3S/c1-11-16(22)6-15(12(2)28-21-18-20(25-9-24-18)26-10-27-21)19(31-3)17(11)13-5-14(8-23-7-13)32(4,29)30/h5-10,12H,1-4H3,(H2,24,25,26,27,28)/t12-/m0/s1. The average molecular weight is 473 g/mol. The number of hydrogen-bond acceptors (Lipinski definition) is 8. The molecule has 1 atom stereocenters. The number of nitrogens with zero attached hydrogens (tertiary/aromatic N) is 4. The SMILES string of the molecule is COc1c([C@H](C)Nc2ncnc3nc[nH]c23)cc(Cl)c(C)c1-c1cncc(S(C)(=O)=O)c1. The minimum atomic E-state index is -3.43. The first-order valence-corrected chi connectivity index (χ1v) is 11.9. The second-order valence-corrected chi connectivity index (χ2v) is 9.77. The van der Waals surface area contributed by atoms with Crippen LogP contribution in [0.15, 0.2) is 42.1 Å². The fraction of sp³-hybridized carbons (Fsp3) is 0.238. The van der Waals surface area contributed by atoms with E-state index in [2.05, 4.69) is 30.2 Å². The number of H-pyrrole nitrogens is 1. The third kappa shape index (κ3) is 3.98. The third-order valence-corrected chi connectivity index (χ3v) is 6.65. The summed E-state index contributed by atoms with van der Waals surface area (Å²) in [4.78, 5) is 19.9. The predicted octanol–water partition coefficient (Wildman–Crippen LogP) is 3.96. The highest BCUT2D eigenvalue weighted by molar-refractivity contribution is 7.90. The number of benzene rings is 1. The number of pyridine rings is 1. The van der Waals surface area contributed by atoms with Gasteiger partial charge in [-0.2, -0.15) is 0 Å². The van der Waals surface area contributed by atoms with Gasteiger partial charge in [0.1, 0.15) is 17.6 Å². The fourth-order valence-electron chi connectivity index (χ4n) is 3.55. The van der Waals surface area contributed by atoms with E-state index in [1.165, 1.54) is 12.5 Å². The molecule has 11 heteroatoms. The molecule has 1 aromatic carbocycles. The molecule has 166 valence electrons. The molecule has 0 saturated heterocycles. The molecule has 9 nitrogen and oxygen atoms in total. The van der Waals surface area contributed by atoms with E-state index in [4.69, 9.17) is 16.3 Å². The number of nitrogens with one attached hydrogen (secondary N) is 2. The Labute approximate surface area is 190 Å². The number of anilines is 1. The topological polar surface area (TPSA) is 123 Å². The summed E-state index contributed by atoms with van der Waals surface area (Å²) >= 11 is 6.59. The second-order valence-electron chi connectivity index (χ2n) is 7.35. The van der Waals surface area contributed by atoms with E-state index in [0.717, 1.165) is 17.4 Å². The Morgan fingerprint density at radius 1 is 1.19 bits per heavy atom. The molecule has 2 N–H and O–H groups in total. The Balaban J connectivity index is 1.84. The first-order chi connectivity index (χ1) is 15.2. The van der Waals surface area contributed by atoms with E-state index in [1.54, 1.807) is 25.7 Å². The van der Waals surface area contributed by atoms with Gasteiger partial charge in [0.05, 0.1) is 24.4 Å². The van der Waals surface area contributed by atoms with Gasteiger partial charge in [-0.1, -0.05) is 11.6 Å². The zero-order chi connectivity index (χ0) is 23.0. The highest BCUT2D eigenvalue weighted by atomic mass is 35.5. The van der Waals surface area contributed by atoms with E-state index < -0.39 is 9.84 Å². The number of sulfone groups is 1. The molecule has 0 amide bonds. The van der Waals surface area contributed by atoms with Crippen molar-refractivity contribution in [3.8, 4) is 16.9 Å². The van der Waals surface area contributed by atoms with Crippen molar-refractivity contribution < 1.29 is 13.2 Å². The van der Waals surface area contributed by atoms with Crippen molar-refractivity contribution in [3.63, 3.8) is 0 Å². The predicted molar refractivity (Wildman–Crippen MR) is 123 cm³/mol. The molecular weight excluding hydrogens is 452 g/mol. The van der Waals surface area contributed by atoms with Gasteiger partial charge in [-0.3, -0.25) is 4.98 Å². The van der Waals surface area contributed by atoms with Gasteiger partial charge in [-0.05, 0) is 31.5 Å². The monoisotopic (exact) mass is 472 g/mol. The fourth-order valence-corrected chi connectivity index (χ4v) is 4.35. The number of fused-ring (bicyclic) bond motifs is 1. The molecule has 0 fully saturated rings. The van der Waals surface area contributed by atoms with Crippen LogP contribution in [0.3, 0.4) is 0 Å². The molecule has 0 bridgehead atoms. The van der Waals surface area contributed by atoms with Crippen molar-refractivity contribution in [2.24, 2.45) is 0 Å². The lowest BCUT2D eigenvalue weighted by Crippen LogP contribution is -2.11.